The van der Waals surface area contributed by atoms with Crippen molar-refractivity contribution in [3.63, 3.8) is 0 Å². The lowest BCUT2D eigenvalue weighted by atomic mass is 10.2. The van der Waals surface area contributed by atoms with Crippen LogP contribution in [0.25, 0.3) is 0 Å². The second kappa shape index (κ2) is 7.80. The van der Waals surface area contributed by atoms with E-state index in [9.17, 15) is 0 Å². The highest BCUT2D eigenvalue weighted by atomic mass is 16.5. The summed E-state index contributed by atoms with van der Waals surface area (Å²) in [6.45, 7) is 11.3. The fourth-order valence-corrected chi connectivity index (χ4v) is 2.45. The average molecular weight is 295 g/mol. The maximum atomic E-state index is 6.00. The fraction of sp³-hybridized carbons (Fsp3) is 0.812. The quantitative estimate of drug-likeness (QED) is 0.801. The Bertz CT molecular complexity index is 417. The molecule has 21 heavy (non-hydrogen) atoms. The van der Waals surface area contributed by atoms with E-state index in [-0.39, 0.29) is 6.10 Å². The molecule has 2 unspecified atom stereocenters. The van der Waals surface area contributed by atoms with Crippen molar-refractivity contribution in [2.75, 3.05) is 19.7 Å². The summed E-state index contributed by atoms with van der Waals surface area (Å²) in [5.41, 5.74) is 0. The number of rotatable bonds is 8. The van der Waals surface area contributed by atoms with Crippen molar-refractivity contribution in [2.24, 2.45) is 5.92 Å². The van der Waals surface area contributed by atoms with Crippen LogP contribution in [0.15, 0.2) is 12.4 Å². The molecule has 2 rings (SSSR count). The van der Waals surface area contributed by atoms with Gasteiger partial charge in [-0.15, -0.1) is 0 Å². The van der Waals surface area contributed by atoms with Crippen LogP contribution in [0.5, 0.6) is 5.75 Å². The van der Waals surface area contributed by atoms with Crippen LogP contribution < -0.4 is 10.1 Å². The van der Waals surface area contributed by atoms with Gasteiger partial charge in [0, 0.05) is 12.6 Å². The van der Waals surface area contributed by atoms with Crippen LogP contribution in [0.2, 0.25) is 0 Å². The minimum atomic E-state index is 0.207. The van der Waals surface area contributed by atoms with Crippen LogP contribution >= 0.6 is 0 Å². The Morgan fingerprint density at radius 1 is 1.33 bits per heavy atom. The lowest BCUT2D eigenvalue weighted by Crippen LogP contribution is -2.30. The Morgan fingerprint density at radius 3 is 2.76 bits per heavy atom. The zero-order valence-electron chi connectivity index (χ0n) is 13.7. The van der Waals surface area contributed by atoms with E-state index in [0.29, 0.717) is 24.7 Å². The van der Waals surface area contributed by atoms with Crippen molar-refractivity contribution >= 4 is 0 Å². The van der Waals surface area contributed by atoms with Crippen LogP contribution in [-0.4, -0.2) is 41.7 Å². The van der Waals surface area contributed by atoms with Crippen molar-refractivity contribution in [3.8, 4) is 5.75 Å². The molecular weight excluding hydrogens is 266 g/mol. The molecule has 1 fully saturated rings. The van der Waals surface area contributed by atoms with Gasteiger partial charge < -0.3 is 14.8 Å². The van der Waals surface area contributed by atoms with Crippen molar-refractivity contribution in [1.29, 1.82) is 0 Å². The van der Waals surface area contributed by atoms with E-state index in [1.54, 1.807) is 6.20 Å². The largest absolute Gasteiger partial charge is 0.488 e. The Morgan fingerprint density at radius 2 is 2.10 bits per heavy atom. The van der Waals surface area contributed by atoms with E-state index in [1.807, 2.05) is 10.9 Å². The predicted octanol–water partition coefficient (Wildman–Crippen LogP) is 2.64. The van der Waals surface area contributed by atoms with Crippen molar-refractivity contribution in [2.45, 2.75) is 58.8 Å². The van der Waals surface area contributed by atoms with Crippen LogP contribution in [0.3, 0.4) is 0 Å². The van der Waals surface area contributed by atoms with Crippen LogP contribution in [0.4, 0.5) is 0 Å². The number of hydrogen-bond acceptors (Lipinski definition) is 4. The van der Waals surface area contributed by atoms with Gasteiger partial charge in [-0.05, 0) is 39.2 Å². The molecule has 1 aromatic heterocycles. The monoisotopic (exact) mass is 295 g/mol. The van der Waals surface area contributed by atoms with Crippen molar-refractivity contribution in [1.82, 2.24) is 15.1 Å². The summed E-state index contributed by atoms with van der Waals surface area (Å²) in [7, 11) is 0. The molecule has 1 aromatic rings. The molecule has 1 aliphatic heterocycles. The molecule has 0 radical (unpaired) electrons. The number of nitrogens with zero attached hydrogens (tertiary/aromatic N) is 2. The van der Waals surface area contributed by atoms with Crippen LogP contribution in [0, 0.1) is 5.92 Å². The Kier molecular flexibility index (Phi) is 6.06. The fourth-order valence-electron chi connectivity index (χ4n) is 2.45. The summed E-state index contributed by atoms with van der Waals surface area (Å²) in [5, 5.41) is 7.73. The molecule has 2 heterocycles. The van der Waals surface area contributed by atoms with Gasteiger partial charge in [0.1, 0.15) is 6.61 Å². The Hall–Kier alpha value is -1.07. The molecule has 1 N–H and O–H groups in total. The molecule has 0 saturated carbocycles. The normalized spacial score (nSPS) is 22.4. The van der Waals surface area contributed by atoms with Gasteiger partial charge in [0.05, 0.1) is 24.6 Å². The third kappa shape index (κ3) is 5.32. The van der Waals surface area contributed by atoms with E-state index in [2.05, 4.69) is 38.1 Å². The highest BCUT2D eigenvalue weighted by Gasteiger charge is 2.25. The molecule has 0 aromatic carbocycles. The molecule has 2 atom stereocenters. The van der Waals surface area contributed by atoms with Gasteiger partial charge in [0.2, 0.25) is 0 Å². The highest BCUT2D eigenvalue weighted by Crippen LogP contribution is 2.21. The minimum absolute atomic E-state index is 0.207. The number of hydrogen-bond donors (Lipinski definition) is 1. The van der Waals surface area contributed by atoms with Gasteiger partial charge in [-0.25, -0.2) is 0 Å². The SMILES string of the molecule is CC(C)CNCC1CCC(COc2cnn(C(C)C)c2)O1. The third-order valence-corrected chi connectivity index (χ3v) is 3.66. The smallest absolute Gasteiger partial charge is 0.157 e. The maximum absolute atomic E-state index is 6.00. The molecule has 0 spiro atoms. The molecular formula is C16H29N3O2. The predicted molar refractivity (Wildman–Crippen MR) is 83.7 cm³/mol. The Balaban J connectivity index is 1.65. The summed E-state index contributed by atoms with van der Waals surface area (Å²) in [6, 6.07) is 0.362. The summed E-state index contributed by atoms with van der Waals surface area (Å²) < 4.78 is 13.7. The molecule has 120 valence electrons. The minimum Gasteiger partial charge on any atom is -0.488 e. The first-order valence-corrected chi connectivity index (χ1v) is 8.07. The summed E-state index contributed by atoms with van der Waals surface area (Å²) in [4.78, 5) is 0. The highest BCUT2D eigenvalue weighted by molar-refractivity contribution is 5.12. The lowest BCUT2D eigenvalue weighted by molar-refractivity contribution is 0.0184. The Labute approximate surface area is 128 Å². The molecule has 0 bridgehead atoms. The number of ether oxygens (including phenoxy) is 2. The standard InChI is InChI=1S/C16H29N3O2/c1-12(2)7-17-8-14-5-6-15(21-14)11-20-16-9-18-19(10-16)13(3)4/h9-10,12-15,17H,5-8,11H2,1-4H3. The second-order valence-electron chi connectivity index (χ2n) is 6.57. The molecule has 5 nitrogen and oxygen atoms in total. The third-order valence-electron chi connectivity index (χ3n) is 3.66. The topological polar surface area (TPSA) is 48.3 Å². The molecule has 1 aliphatic rings. The molecule has 5 heteroatoms. The summed E-state index contributed by atoms with van der Waals surface area (Å²) in [6.07, 6.45) is 6.45. The zero-order valence-corrected chi connectivity index (χ0v) is 13.7. The van der Waals surface area contributed by atoms with Crippen molar-refractivity contribution < 1.29 is 9.47 Å². The van der Waals surface area contributed by atoms with Gasteiger partial charge >= 0.3 is 0 Å². The van der Waals surface area contributed by atoms with E-state index in [4.69, 9.17) is 9.47 Å². The maximum Gasteiger partial charge on any atom is 0.157 e. The summed E-state index contributed by atoms with van der Waals surface area (Å²) >= 11 is 0. The van der Waals surface area contributed by atoms with Gasteiger partial charge in [0.15, 0.2) is 5.75 Å². The number of nitrogens with one attached hydrogen (secondary N) is 1. The molecule has 0 amide bonds. The van der Waals surface area contributed by atoms with Gasteiger partial charge in [-0.1, -0.05) is 13.8 Å². The zero-order chi connectivity index (χ0) is 15.2. The van der Waals surface area contributed by atoms with Gasteiger partial charge in [-0.2, -0.15) is 5.10 Å². The summed E-state index contributed by atoms with van der Waals surface area (Å²) in [5.74, 6) is 1.51. The van der Waals surface area contributed by atoms with Gasteiger partial charge in [0.25, 0.3) is 0 Å². The van der Waals surface area contributed by atoms with Crippen LogP contribution in [0.1, 0.15) is 46.6 Å². The van der Waals surface area contributed by atoms with Gasteiger partial charge in [-0.3, -0.25) is 4.68 Å². The van der Waals surface area contributed by atoms with Crippen molar-refractivity contribution in [3.05, 3.63) is 12.4 Å². The number of aromatic nitrogens is 2. The van der Waals surface area contributed by atoms with E-state index in [0.717, 1.165) is 31.7 Å². The average Bonchev–Trinajstić information content (AvgIpc) is 3.04. The van der Waals surface area contributed by atoms with E-state index >= 15 is 0 Å². The molecule has 0 aliphatic carbocycles. The second-order valence-corrected chi connectivity index (χ2v) is 6.57. The van der Waals surface area contributed by atoms with E-state index < -0.39 is 0 Å². The lowest BCUT2D eigenvalue weighted by Gasteiger charge is -2.15. The first-order chi connectivity index (χ1) is 10.0. The van der Waals surface area contributed by atoms with Crippen LogP contribution in [-0.2, 0) is 4.74 Å². The van der Waals surface area contributed by atoms with E-state index in [1.165, 1.54) is 0 Å². The molecule has 1 saturated heterocycles. The first kappa shape index (κ1) is 16.3. The first-order valence-electron chi connectivity index (χ1n) is 8.07.